The van der Waals surface area contributed by atoms with E-state index >= 15 is 0 Å². The van der Waals surface area contributed by atoms with Crippen molar-refractivity contribution in [1.82, 2.24) is 20.1 Å². The number of rotatable bonds is 3. The van der Waals surface area contributed by atoms with Gasteiger partial charge in [0.25, 0.3) is 5.91 Å². The van der Waals surface area contributed by atoms with Crippen molar-refractivity contribution >= 4 is 23.1 Å². The second-order valence-electron chi connectivity index (χ2n) is 5.88. The highest BCUT2D eigenvalue weighted by atomic mass is 32.1. The smallest absolute Gasteiger partial charge is 0.273 e. The third-order valence-electron chi connectivity index (χ3n) is 4.51. The van der Waals surface area contributed by atoms with Gasteiger partial charge >= 0.3 is 0 Å². The molecule has 2 aromatic rings. The number of likely N-dealkylation sites (N-methyl/N-ethyl adjacent to an activating group) is 1. The summed E-state index contributed by atoms with van der Waals surface area (Å²) in [7, 11) is 1.85. The predicted molar refractivity (Wildman–Crippen MR) is 84.3 cm³/mol. The molecule has 0 N–H and O–H groups in total. The maximum Gasteiger partial charge on any atom is 0.273 e. The second kappa shape index (κ2) is 5.31. The second-order valence-corrected chi connectivity index (χ2v) is 6.60. The molecule has 2 aromatic heterocycles. The molecule has 0 unspecified atom stereocenters. The van der Waals surface area contributed by atoms with Crippen LogP contribution in [0.2, 0.25) is 0 Å². The maximum atomic E-state index is 12.3. The highest BCUT2D eigenvalue weighted by Crippen LogP contribution is 2.26. The zero-order valence-corrected chi connectivity index (χ0v) is 13.2. The van der Waals surface area contributed by atoms with Crippen LogP contribution >= 0.6 is 11.3 Å². The van der Waals surface area contributed by atoms with Crippen molar-refractivity contribution in [3.05, 3.63) is 33.9 Å². The van der Waals surface area contributed by atoms with Gasteiger partial charge in [-0.15, -0.1) is 16.4 Å². The molecule has 4 rings (SSSR count). The first-order valence-corrected chi connectivity index (χ1v) is 8.42. The van der Waals surface area contributed by atoms with Crippen LogP contribution in [0.4, 0.5) is 5.82 Å². The van der Waals surface area contributed by atoms with Gasteiger partial charge in [0.1, 0.15) is 5.69 Å². The van der Waals surface area contributed by atoms with E-state index in [1.165, 1.54) is 23.3 Å². The first kappa shape index (κ1) is 13.6. The normalized spacial score (nSPS) is 17.2. The number of aromatic nitrogens is 3. The molecule has 1 amide bonds. The molecule has 0 bridgehead atoms. The molecule has 1 aliphatic carbocycles. The molecule has 0 spiro atoms. The van der Waals surface area contributed by atoms with Gasteiger partial charge in [0.2, 0.25) is 0 Å². The number of carbonyl (C=O) groups is 1. The van der Waals surface area contributed by atoms with Crippen LogP contribution in [0, 0.1) is 0 Å². The van der Waals surface area contributed by atoms with Crippen LogP contribution in [-0.4, -0.2) is 52.2 Å². The third kappa shape index (κ3) is 2.25. The monoisotopic (exact) mass is 315 g/mol. The summed E-state index contributed by atoms with van der Waals surface area (Å²) in [4.78, 5) is 20.3. The summed E-state index contributed by atoms with van der Waals surface area (Å²) in [5.74, 6) is 0.928. The predicted octanol–water partition coefficient (Wildman–Crippen LogP) is 1.38. The van der Waals surface area contributed by atoms with Gasteiger partial charge < -0.3 is 9.80 Å². The molecule has 0 aromatic carbocycles. The Labute approximate surface area is 132 Å². The Morgan fingerprint density at radius 3 is 3.00 bits per heavy atom. The summed E-state index contributed by atoms with van der Waals surface area (Å²) in [6.45, 7) is 1.61. The van der Waals surface area contributed by atoms with Crippen molar-refractivity contribution in [1.29, 1.82) is 0 Å². The molecular weight excluding hydrogens is 298 g/mol. The molecule has 1 aliphatic heterocycles. The van der Waals surface area contributed by atoms with Gasteiger partial charge in [-0.3, -0.25) is 4.79 Å². The Bertz CT molecular complexity index is 696. The Kier molecular flexibility index (Phi) is 3.29. The van der Waals surface area contributed by atoms with E-state index < -0.39 is 0 Å². The molecule has 7 heteroatoms. The summed E-state index contributed by atoms with van der Waals surface area (Å²) in [5.41, 5.74) is 4.70. The number of thiazole rings is 1. The maximum absolute atomic E-state index is 12.3. The number of nitrogens with zero attached hydrogens (tertiary/aromatic N) is 5. The van der Waals surface area contributed by atoms with Crippen molar-refractivity contribution in [3.63, 3.8) is 0 Å². The van der Waals surface area contributed by atoms with Crippen LogP contribution in [0.25, 0.3) is 0 Å². The summed E-state index contributed by atoms with van der Waals surface area (Å²) in [6, 6.07) is 2.37. The van der Waals surface area contributed by atoms with E-state index in [1.807, 2.05) is 7.05 Å². The summed E-state index contributed by atoms with van der Waals surface area (Å²) < 4.78 is 0. The van der Waals surface area contributed by atoms with Gasteiger partial charge in [0.05, 0.1) is 17.2 Å². The van der Waals surface area contributed by atoms with E-state index in [0.29, 0.717) is 5.69 Å². The average molecular weight is 315 g/mol. The lowest BCUT2D eigenvalue weighted by Crippen LogP contribution is -2.60. The van der Waals surface area contributed by atoms with Crippen molar-refractivity contribution in [2.75, 3.05) is 25.0 Å². The number of fused-ring (bicyclic) bond motifs is 1. The van der Waals surface area contributed by atoms with Crippen molar-refractivity contribution < 1.29 is 4.79 Å². The van der Waals surface area contributed by atoms with Crippen LogP contribution in [0.15, 0.2) is 17.0 Å². The fraction of sp³-hybridized carbons (Fsp3) is 0.467. The topological polar surface area (TPSA) is 62.2 Å². The minimum absolute atomic E-state index is 0.00839. The van der Waals surface area contributed by atoms with Crippen molar-refractivity contribution in [2.45, 2.75) is 25.3 Å². The first-order chi connectivity index (χ1) is 10.7. The Morgan fingerprint density at radius 2 is 2.23 bits per heavy atom. The largest absolute Gasteiger partial charge is 0.351 e. The van der Waals surface area contributed by atoms with Gasteiger partial charge in [-0.25, -0.2) is 4.98 Å². The zero-order valence-electron chi connectivity index (χ0n) is 12.4. The molecule has 22 heavy (non-hydrogen) atoms. The SMILES string of the molecule is CN(C(=O)c1cscn1)C1CN(c2cc3c(nn2)CCC3)C1. The molecule has 1 saturated heterocycles. The standard InChI is InChI=1S/C15H17N5OS/c1-19(15(21)13-8-22-9-16-13)11-6-20(7-11)14-5-10-3-2-4-12(10)17-18-14/h5,8-9,11H,2-4,6-7H2,1H3. The van der Waals surface area contributed by atoms with Crippen LogP contribution in [0.1, 0.15) is 28.2 Å². The highest BCUT2D eigenvalue weighted by molar-refractivity contribution is 7.07. The molecule has 0 saturated carbocycles. The molecule has 0 atom stereocenters. The average Bonchev–Trinajstić information content (AvgIpc) is 3.15. The van der Waals surface area contributed by atoms with Crippen molar-refractivity contribution in [3.8, 4) is 0 Å². The van der Waals surface area contributed by atoms with Crippen LogP contribution in [0.5, 0.6) is 0 Å². The molecular formula is C15H17N5OS. The molecule has 3 heterocycles. The van der Waals surface area contributed by atoms with Crippen LogP contribution in [-0.2, 0) is 12.8 Å². The number of hydrogen-bond acceptors (Lipinski definition) is 6. The quantitative estimate of drug-likeness (QED) is 0.856. The zero-order chi connectivity index (χ0) is 15.1. The lowest BCUT2D eigenvalue weighted by molar-refractivity contribution is 0.0700. The van der Waals surface area contributed by atoms with E-state index in [4.69, 9.17) is 0 Å². The van der Waals surface area contributed by atoms with Gasteiger partial charge in [-0.1, -0.05) is 0 Å². The fourth-order valence-electron chi connectivity index (χ4n) is 3.02. The highest BCUT2D eigenvalue weighted by Gasteiger charge is 2.34. The Morgan fingerprint density at radius 1 is 1.36 bits per heavy atom. The minimum Gasteiger partial charge on any atom is -0.351 e. The number of carbonyl (C=O) groups excluding carboxylic acids is 1. The Hall–Kier alpha value is -2.02. The number of hydrogen-bond donors (Lipinski definition) is 0. The van der Waals surface area contributed by atoms with E-state index in [1.54, 1.807) is 15.8 Å². The first-order valence-electron chi connectivity index (χ1n) is 7.48. The van der Waals surface area contributed by atoms with E-state index in [0.717, 1.165) is 37.4 Å². The van der Waals surface area contributed by atoms with Gasteiger partial charge in [0.15, 0.2) is 5.82 Å². The molecule has 114 valence electrons. The molecule has 2 aliphatic rings. The molecule has 0 radical (unpaired) electrons. The molecule has 1 fully saturated rings. The summed E-state index contributed by atoms with van der Waals surface area (Å²) >= 11 is 1.44. The number of amides is 1. The van der Waals surface area contributed by atoms with E-state index in [2.05, 4.69) is 26.1 Å². The van der Waals surface area contributed by atoms with Crippen LogP contribution in [0.3, 0.4) is 0 Å². The summed E-state index contributed by atoms with van der Waals surface area (Å²) in [6.07, 6.45) is 3.34. The van der Waals surface area contributed by atoms with Gasteiger partial charge in [-0.2, -0.15) is 5.10 Å². The van der Waals surface area contributed by atoms with Crippen LogP contribution < -0.4 is 4.90 Å². The summed E-state index contributed by atoms with van der Waals surface area (Å²) in [5, 5.41) is 10.4. The lowest BCUT2D eigenvalue weighted by atomic mass is 10.1. The van der Waals surface area contributed by atoms with Crippen molar-refractivity contribution in [2.24, 2.45) is 0 Å². The van der Waals surface area contributed by atoms with Gasteiger partial charge in [-0.05, 0) is 30.9 Å². The molecule has 6 nitrogen and oxygen atoms in total. The third-order valence-corrected chi connectivity index (χ3v) is 5.10. The number of anilines is 1. The lowest BCUT2D eigenvalue weighted by Gasteiger charge is -2.44. The van der Waals surface area contributed by atoms with Gasteiger partial charge in [0, 0.05) is 25.5 Å². The Balaban J connectivity index is 1.40. The number of aryl methyl sites for hydroxylation is 2. The minimum atomic E-state index is -0.00839. The fourth-order valence-corrected chi connectivity index (χ4v) is 3.55. The van der Waals surface area contributed by atoms with E-state index in [-0.39, 0.29) is 11.9 Å². The van der Waals surface area contributed by atoms with E-state index in [9.17, 15) is 4.79 Å².